The Kier molecular flexibility index (Phi) is 4.00. The molecule has 1 fully saturated rings. The Morgan fingerprint density at radius 3 is 2.71 bits per heavy atom. The molecule has 92 valence electrons. The molecule has 0 unspecified atom stereocenters. The molecule has 0 bridgehead atoms. The minimum Gasteiger partial charge on any atom is -0.334 e. The number of hydrogen-bond donors (Lipinski definition) is 0. The van der Waals surface area contributed by atoms with Crippen LogP contribution in [0, 0.1) is 0 Å². The maximum atomic E-state index is 12.2. The summed E-state index contributed by atoms with van der Waals surface area (Å²) in [4.78, 5) is 15.3. The van der Waals surface area contributed by atoms with Crippen LogP contribution in [0.5, 0.6) is 0 Å². The van der Waals surface area contributed by atoms with E-state index in [1.165, 1.54) is 6.42 Å². The minimum absolute atomic E-state index is 0.151. The molecule has 0 aliphatic carbocycles. The van der Waals surface area contributed by atoms with E-state index >= 15 is 0 Å². The van der Waals surface area contributed by atoms with E-state index in [1.54, 1.807) is 17.4 Å². The van der Waals surface area contributed by atoms with E-state index in [0.717, 1.165) is 17.7 Å². The second-order valence-corrected chi connectivity index (χ2v) is 5.70. The predicted octanol–water partition coefficient (Wildman–Crippen LogP) is 3.55. The van der Waals surface area contributed by atoms with Crippen molar-refractivity contribution in [2.45, 2.75) is 45.2 Å². The predicted molar refractivity (Wildman–Crippen MR) is 73.0 cm³/mol. The number of thiophene rings is 1. The van der Waals surface area contributed by atoms with E-state index in [1.807, 2.05) is 28.5 Å². The topological polar surface area (TPSA) is 20.3 Å². The fraction of sp³-hybridized carbons (Fsp3) is 0.500. The average Bonchev–Trinajstić information content (AvgIpc) is 2.79. The van der Waals surface area contributed by atoms with Crippen LogP contribution in [0.25, 0.3) is 6.08 Å². The summed E-state index contributed by atoms with van der Waals surface area (Å²) in [6.45, 7) is 4.29. The quantitative estimate of drug-likeness (QED) is 0.734. The van der Waals surface area contributed by atoms with Crippen LogP contribution in [0.4, 0.5) is 0 Å². The summed E-state index contributed by atoms with van der Waals surface area (Å²) in [5, 5.41) is 2.02. The molecule has 1 saturated heterocycles. The molecule has 0 aromatic carbocycles. The average molecular weight is 249 g/mol. The highest BCUT2D eigenvalue weighted by molar-refractivity contribution is 7.10. The zero-order valence-corrected chi connectivity index (χ0v) is 11.2. The van der Waals surface area contributed by atoms with Gasteiger partial charge in [0.2, 0.25) is 5.91 Å². The lowest BCUT2D eigenvalue weighted by molar-refractivity contribution is -0.131. The van der Waals surface area contributed by atoms with Crippen molar-refractivity contribution in [3.8, 4) is 0 Å². The van der Waals surface area contributed by atoms with Gasteiger partial charge in [-0.3, -0.25) is 4.79 Å². The number of hydrogen-bond acceptors (Lipinski definition) is 2. The number of rotatable bonds is 2. The van der Waals surface area contributed by atoms with E-state index in [-0.39, 0.29) is 5.91 Å². The molecule has 2 rings (SSSR count). The number of carbonyl (C=O) groups excluding carboxylic acids is 1. The van der Waals surface area contributed by atoms with Crippen LogP contribution in [-0.2, 0) is 4.79 Å². The highest BCUT2D eigenvalue weighted by atomic mass is 32.1. The molecule has 2 heterocycles. The van der Waals surface area contributed by atoms with Gasteiger partial charge in [0.15, 0.2) is 0 Å². The highest BCUT2D eigenvalue weighted by Gasteiger charge is 2.27. The maximum Gasteiger partial charge on any atom is 0.247 e. The van der Waals surface area contributed by atoms with E-state index < -0.39 is 0 Å². The van der Waals surface area contributed by atoms with Crippen molar-refractivity contribution in [2.24, 2.45) is 0 Å². The third-order valence-corrected chi connectivity index (χ3v) is 4.22. The minimum atomic E-state index is 0.151. The Morgan fingerprint density at radius 2 is 2.12 bits per heavy atom. The Labute approximate surface area is 107 Å². The van der Waals surface area contributed by atoms with Crippen LogP contribution in [0.3, 0.4) is 0 Å². The highest BCUT2D eigenvalue weighted by Crippen LogP contribution is 2.23. The summed E-state index contributed by atoms with van der Waals surface area (Å²) in [7, 11) is 0. The Morgan fingerprint density at radius 1 is 1.41 bits per heavy atom. The zero-order valence-electron chi connectivity index (χ0n) is 10.4. The van der Waals surface area contributed by atoms with Crippen LogP contribution in [0.15, 0.2) is 23.6 Å². The SMILES string of the molecule is C[C@H]1CCC[C@H](C)N1C(=O)/C=C/c1cccs1. The first-order valence-corrected chi connectivity index (χ1v) is 7.10. The van der Waals surface area contributed by atoms with Crippen LogP contribution in [-0.4, -0.2) is 22.9 Å². The van der Waals surface area contributed by atoms with Gasteiger partial charge in [-0.2, -0.15) is 0 Å². The van der Waals surface area contributed by atoms with E-state index in [9.17, 15) is 4.79 Å². The first-order chi connectivity index (χ1) is 8.18. The largest absolute Gasteiger partial charge is 0.334 e. The second kappa shape index (κ2) is 5.50. The summed E-state index contributed by atoms with van der Waals surface area (Å²) in [6, 6.07) is 4.77. The van der Waals surface area contributed by atoms with Gasteiger partial charge in [0.25, 0.3) is 0 Å². The van der Waals surface area contributed by atoms with Crippen molar-refractivity contribution < 1.29 is 4.79 Å². The molecule has 0 N–H and O–H groups in total. The summed E-state index contributed by atoms with van der Waals surface area (Å²) in [5.41, 5.74) is 0. The number of piperidine rings is 1. The van der Waals surface area contributed by atoms with Crippen molar-refractivity contribution in [2.75, 3.05) is 0 Å². The third kappa shape index (κ3) is 2.97. The van der Waals surface area contributed by atoms with Crippen LogP contribution in [0.2, 0.25) is 0 Å². The van der Waals surface area contributed by atoms with E-state index in [4.69, 9.17) is 0 Å². The monoisotopic (exact) mass is 249 g/mol. The van der Waals surface area contributed by atoms with Crippen molar-refractivity contribution in [1.29, 1.82) is 0 Å². The van der Waals surface area contributed by atoms with Crippen LogP contribution < -0.4 is 0 Å². The van der Waals surface area contributed by atoms with Crippen molar-refractivity contribution >= 4 is 23.3 Å². The van der Waals surface area contributed by atoms with Crippen molar-refractivity contribution in [3.05, 3.63) is 28.5 Å². The van der Waals surface area contributed by atoms with Gasteiger partial charge >= 0.3 is 0 Å². The van der Waals surface area contributed by atoms with Gasteiger partial charge < -0.3 is 4.90 Å². The molecule has 0 radical (unpaired) electrons. The molecule has 2 nitrogen and oxygen atoms in total. The number of amides is 1. The lowest BCUT2D eigenvalue weighted by Crippen LogP contribution is -2.46. The number of nitrogens with zero attached hydrogens (tertiary/aromatic N) is 1. The van der Waals surface area contributed by atoms with Crippen molar-refractivity contribution in [3.63, 3.8) is 0 Å². The molecule has 1 amide bonds. The van der Waals surface area contributed by atoms with Gasteiger partial charge in [0, 0.05) is 23.0 Å². The number of likely N-dealkylation sites (tertiary alicyclic amines) is 1. The van der Waals surface area contributed by atoms with E-state index in [0.29, 0.717) is 12.1 Å². The molecular formula is C14H19NOS. The Balaban J connectivity index is 2.03. The lowest BCUT2D eigenvalue weighted by atomic mass is 9.97. The van der Waals surface area contributed by atoms with Gasteiger partial charge in [0.05, 0.1) is 0 Å². The lowest BCUT2D eigenvalue weighted by Gasteiger charge is -2.38. The molecule has 1 aliphatic rings. The first kappa shape index (κ1) is 12.4. The molecular weight excluding hydrogens is 230 g/mol. The molecule has 17 heavy (non-hydrogen) atoms. The van der Waals surface area contributed by atoms with Crippen LogP contribution >= 0.6 is 11.3 Å². The standard InChI is InChI=1S/C14H19NOS/c1-11-5-3-6-12(2)15(11)14(16)9-8-13-7-4-10-17-13/h4,7-12H,3,5-6H2,1-2H3/b9-8+/t11-,12-/m0/s1. The van der Waals surface area contributed by atoms with Crippen LogP contribution in [0.1, 0.15) is 38.0 Å². The van der Waals surface area contributed by atoms with Gasteiger partial charge in [-0.15, -0.1) is 11.3 Å². The van der Waals surface area contributed by atoms with Gasteiger partial charge in [-0.1, -0.05) is 6.07 Å². The maximum absolute atomic E-state index is 12.2. The van der Waals surface area contributed by atoms with Gasteiger partial charge in [-0.05, 0) is 50.6 Å². The molecule has 0 spiro atoms. The molecule has 1 aliphatic heterocycles. The molecule has 1 aromatic heterocycles. The second-order valence-electron chi connectivity index (χ2n) is 4.72. The fourth-order valence-corrected chi connectivity index (χ4v) is 3.10. The molecule has 2 atom stereocenters. The summed E-state index contributed by atoms with van der Waals surface area (Å²) >= 11 is 1.66. The summed E-state index contributed by atoms with van der Waals surface area (Å²) < 4.78 is 0. The molecule has 1 aromatic rings. The Hall–Kier alpha value is -1.09. The van der Waals surface area contributed by atoms with Gasteiger partial charge in [-0.25, -0.2) is 0 Å². The Bertz CT molecular complexity index is 386. The number of carbonyl (C=O) groups is 1. The first-order valence-electron chi connectivity index (χ1n) is 6.22. The summed E-state index contributed by atoms with van der Waals surface area (Å²) in [5.74, 6) is 0.151. The van der Waals surface area contributed by atoms with Crippen molar-refractivity contribution in [1.82, 2.24) is 4.90 Å². The normalized spacial score (nSPS) is 25.4. The molecule has 3 heteroatoms. The van der Waals surface area contributed by atoms with E-state index in [2.05, 4.69) is 13.8 Å². The third-order valence-electron chi connectivity index (χ3n) is 3.38. The molecule has 0 saturated carbocycles. The van der Waals surface area contributed by atoms with Gasteiger partial charge in [0.1, 0.15) is 0 Å². The fourth-order valence-electron chi connectivity index (χ4n) is 2.48. The summed E-state index contributed by atoms with van der Waals surface area (Å²) in [6.07, 6.45) is 7.12. The smallest absolute Gasteiger partial charge is 0.247 e. The zero-order chi connectivity index (χ0) is 12.3.